The van der Waals surface area contributed by atoms with E-state index >= 15 is 0 Å². The van der Waals surface area contributed by atoms with Gasteiger partial charge in [0.15, 0.2) is 23.0 Å². The first-order chi connectivity index (χ1) is 16.4. The molecule has 0 heterocycles. The minimum absolute atomic E-state index is 0.112. The van der Waals surface area contributed by atoms with Crippen LogP contribution < -0.4 is 24.4 Å². The van der Waals surface area contributed by atoms with Crippen molar-refractivity contribution < 1.29 is 28.5 Å². The molecule has 0 spiro atoms. The Bertz CT molecular complexity index is 1190. The largest absolute Gasteiger partial charge is 0.493 e. The van der Waals surface area contributed by atoms with E-state index in [2.05, 4.69) is 10.5 Å². The molecular formula is C25H23ClN2O6. The van der Waals surface area contributed by atoms with Gasteiger partial charge in [0.1, 0.15) is 0 Å². The van der Waals surface area contributed by atoms with Crippen molar-refractivity contribution >= 4 is 29.7 Å². The molecule has 0 radical (unpaired) electrons. The number of esters is 1. The van der Waals surface area contributed by atoms with E-state index in [1.807, 2.05) is 0 Å². The second-order valence-corrected chi connectivity index (χ2v) is 7.40. The van der Waals surface area contributed by atoms with Gasteiger partial charge in [-0.25, -0.2) is 10.2 Å². The van der Waals surface area contributed by atoms with E-state index in [-0.39, 0.29) is 18.1 Å². The summed E-state index contributed by atoms with van der Waals surface area (Å²) in [5.41, 5.74) is 4.22. The van der Waals surface area contributed by atoms with Crippen LogP contribution in [0, 0.1) is 0 Å². The van der Waals surface area contributed by atoms with Crippen molar-refractivity contribution in [1.29, 1.82) is 0 Å². The highest BCUT2D eigenvalue weighted by molar-refractivity contribution is 6.30. The monoisotopic (exact) mass is 482 g/mol. The van der Waals surface area contributed by atoms with Crippen LogP contribution in [0.15, 0.2) is 65.8 Å². The maximum Gasteiger partial charge on any atom is 0.343 e. The summed E-state index contributed by atoms with van der Waals surface area (Å²) < 4.78 is 21.2. The average molecular weight is 483 g/mol. The van der Waals surface area contributed by atoms with Gasteiger partial charge < -0.3 is 18.9 Å². The first-order valence-corrected chi connectivity index (χ1v) is 10.5. The van der Waals surface area contributed by atoms with E-state index in [1.165, 1.54) is 20.4 Å². The Morgan fingerprint density at radius 3 is 2.18 bits per heavy atom. The van der Waals surface area contributed by atoms with Gasteiger partial charge in [-0.3, -0.25) is 4.79 Å². The van der Waals surface area contributed by atoms with Crippen LogP contribution in [0.5, 0.6) is 23.0 Å². The molecular weight excluding hydrogens is 460 g/mol. The number of hydrazone groups is 1. The molecule has 0 fully saturated rings. The lowest BCUT2D eigenvalue weighted by Crippen LogP contribution is -2.19. The molecule has 0 atom stereocenters. The number of rotatable bonds is 9. The number of nitrogens with one attached hydrogen (secondary N) is 1. The van der Waals surface area contributed by atoms with Gasteiger partial charge in [0.05, 0.1) is 39.5 Å². The molecule has 0 saturated carbocycles. The van der Waals surface area contributed by atoms with Gasteiger partial charge in [-0.15, -0.1) is 0 Å². The Kier molecular flexibility index (Phi) is 8.48. The van der Waals surface area contributed by atoms with Crippen molar-refractivity contribution in [3.05, 3.63) is 82.4 Å². The molecule has 0 aliphatic rings. The molecule has 0 aromatic heterocycles. The van der Waals surface area contributed by atoms with Gasteiger partial charge >= 0.3 is 5.97 Å². The predicted molar refractivity (Wildman–Crippen MR) is 128 cm³/mol. The third kappa shape index (κ3) is 6.49. The number of nitrogens with zero attached hydrogens (tertiary/aromatic N) is 1. The average Bonchev–Trinajstić information content (AvgIpc) is 2.85. The number of carbonyl (C=O) groups is 2. The fraction of sp³-hybridized carbons (Fsp3) is 0.160. The Morgan fingerprint density at radius 2 is 1.50 bits per heavy atom. The van der Waals surface area contributed by atoms with Crippen molar-refractivity contribution in [2.75, 3.05) is 21.3 Å². The van der Waals surface area contributed by atoms with E-state index < -0.39 is 5.97 Å². The highest BCUT2D eigenvalue weighted by atomic mass is 35.5. The number of benzene rings is 3. The molecule has 0 aliphatic carbocycles. The molecule has 1 amide bonds. The quantitative estimate of drug-likeness (QED) is 0.212. The first-order valence-electron chi connectivity index (χ1n) is 10.1. The lowest BCUT2D eigenvalue weighted by atomic mass is 10.1. The van der Waals surface area contributed by atoms with Crippen LogP contribution in [-0.2, 0) is 11.2 Å². The number of carbonyl (C=O) groups excluding carboxylic acids is 2. The predicted octanol–water partition coefficient (Wildman–Crippen LogP) is 4.28. The summed E-state index contributed by atoms with van der Waals surface area (Å²) in [6, 6.07) is 16.5. The number of hydrogen-bond donors (Lipinski definition) is 1. The standard InChI is InChI=1S/C25H23ClN2O6/c1-31-20-10-4-16(12-22(20)32-2)14-24(29)28-27-15-17-5-11-21(23(13-17)33-3)34-25(30)18-6-8-19(26)9-7-18/h4-13,15H,14H2,1-3H3,(H,28,29). The Labute approximate surface area is 202 Å². The molecule has 176 valence electrons. The van der Waals surface area contributed by atoms with Gasteiger partial charge in [0.25, 0.3) is 0 Å². The first kappa shape index (κ1) is 24.6. The van der Waals surface area contributed by atoms with Gasteiger partial charge in [-0.1, -0.05) is 17.7 Å². The zero-order valence-corrected chi connectivity index (χ0v) is 19.6. The molecule has 8 nitrogen and oxygen atoms in total. The number of halogens is 1. The lowest BCUT2D eigenvalue weighted by molar-refractivity contribution is -0.120. The Hall–Kier alpha value is -4.04. The van der Waals surface area contributed by atoms with E-state index in [1.54, 1.807) is 67.8 Å². The smallest absolute Gasteiger partial charge is 0.343 e. The van der Waals surface area contributed by atoms with Crippen LogP contribution in [0.3, 0.4) is 0 Å². The van der Waals surface area contributed by atoms with Crippen LogP contribution in [-0.4, -0.2) is 39.4 Å². The molecule has 34 heavy (non-hydrogen) atoms. The molecule has 0 unspecified atom stereocenters. The molecule has 3 aromatic rings. The molecule has 0 bridgehead atoms. The molecule has 1 N–H and O–H groups in total. The number of hydrogen-bond acceptors (Lipinski definition) is 7. The highest BCUT2D eigenvalue weighted by Crippen LogP contribution is 2.29. The summed E-state index contributed by atoms with van der Waals surface area (Å²) in [6.07, 6.45) is 1.57. The number of amides is 1. The molecule has 3 aromatic carbocycles. The van der Waals surface area contributed by atoms with Gasteiger partial charge in [-0.05, 0) is 65.7 Å². The summed E-state index contributed by atoms with van der Waals surface area (Å²) in [7, 11) is 4.54. The van der Waals surface area contributed by atoms with Gasteiger partial charge in [-0.2, -0.15) is 5.10 Å². The topological polar surface area (TPSA) is 95.5 Å². The van der Waals surface area contributed by atoms with Crippen LogP contribution in [0.25, 0.3) is 0 Å². The zero-order valence-electron chi connectivity index (χ0n) is 18.8. The summed E-state index contributed by atoms with van der Waals surface area (Å²) in [4.78, 5) is 24.6. The summed E-state index contributed by atoms with van der Waals surface area (Å²) >= 11 is 5.85. The number of ether oxygens (including phenoxy) is 4. The van der Waals surface area contributed by atoms with E-state index in [0.29, 0.717) is 33.4 Å². The summed E-state index contributed by atoms with van der Waals surface area (Å²) in [6.45, 7) is 0. The third-order valence-electron chi connectivity index (χ3n) is 4.69. The second kappa shape index (κ2) is 11.7. The highest BCUT2D eigenvalue weighted by Gasteiger charge is 2.13. The Morgan fingerprint density at radius 1 is 0.853 bits per heavy atom. The van der Waals surface area contributed by atoms with Crippen molar-refractivity contribution in [3.8, 4) is 23.0 Å². The van der Waals surface area contributed by atoms with E-state index in [9.17, 15) is 9.59 Å². The van der Waals surface area contributed by atoms with Crippen molar-refractivity contribution in [2.45, 2.75) is 6.42 Å². The van der Waals surface area contributed by atoms with Crippen LogP contribution in [0.2, 0.25) is 5.02 Å². The van der Waals surface area contributed by atoms with E-state index in [0.717, 1.165) is 5.56 Å². The Balaban J connectivity index is 1.61. The molecule has 0 saturated heterocycles. The van der Waals surface area contributed by atoms with Crippen molar-refractivity contribution in [2.24, 2.45) is 5.10 Å². The third-order valence-corrected chi connectivity index (χ3v) is 4.94. The van der Waals surface area contributed by atoms with Gasteiger partial charge in [0, 0.05) is 5.02 Å². The molecule has 3 rings (SSSR count). The zero-order chi connectivity index (χ0) is 24.5. The van der Waals surface area contributed by atoms with Gasteiger partial charge in [0.2, 0.25) is 5.91 Å². The van der Waals surface area contributed by atoms with Crippen molar-refractivity contribution in [3.63, 3.8) is 0 Å². The second-order valence-electron chi connectivity index (χ2n) is 6.97. The maximum absolute atomic E-state index is 12.3. The van der Waals surface area contributed by atoms with Crippen LogP contribution >= 0.6 is 11.6 Å². The fourth-order valence-electron chi connectivity index (χ4n) is 2.99. The van der Waals surface area contributed by atoms with Crippen molar-refractivity contribution in [1.82, 2.24) is 5.43 Å². The van der Waals surface area contributed by atoms with Crippen LogP contribution in [0.4, 0.5) is 0 Å². The minimum Gasteiger partial charge on any atom is -0.493 e. The SMILES string of the molecule is COc1ccc(CC(=O)NN=Cc2ccc(OC(=O)c3ccc(Cl)cc3)c(OC)c2)cc1OC. The molecule has 0 aliphatic heterocycles. The lowest BCUT2D eigenvalue weighted by Gasteiger charge is -2.10. The summed E-state index contributed by atoms with van der Waals surface area (Å²) in [5.74, 6) is 0.865. The minimum atomic E-state index is -0.543. The fourth-order valence-corrected chi connectivity index (χ4v) is 3.11. The van der Waals surface area contributed by atoms with E-state index in [4.69, 9.17) is 30.5 Å². The summed E-state index contributed by atoms with van der Waals surface area (Å²) in [5, 5.41) is 4.50. The number of methoxy groups -OCH3 is 3. The molecule has 9 heteroatoms. The van der Waals surface area contributed by atoms with Crippen LogP contribution in [0.1, 0.15) is 21.5 Å². The normalized spacial score (nSPS) is 10.6. The maximum atomic E-state index is 12.3.